The summed E-state index contributed by atoms with van der Waals surface area (Å²) in [6.45, 7) is 3.52. The lowest BCUT2D eigenvalue weighted by atomic mass is 9.80. The molecule has 0 aromatic carbocycles. The zero-order chi connectivity index (χ0) is 24.6. The molecular formula is C23H32F3N5O4. The molecule has 1 aliphatic carbocycles. The molecule has 0 radical (unpaired) electrons. The van der Waals surface area contributed by atoms with Gasteiger partial charge in [0.1, 0.15) is 5.82 Å². The van der Waals surface area contributed by atoms with Crippen molar-refractivity contribution >= 4 is 11.7 Å². The number of carbonyl (C=O) groups excluding carboxylic acids is 1. The number of hydrogen-bond acceptors (Lipinski definition) is 8. The Balaban J connectivity index is 1.22. The van der Waals surface area contributed by atoms with Gasteiger partial charge in [-0.1, -0.05) is 0 Å². The minimum Gasteiger partial charge on any atom is -0.379 e. The Labute approximate surface area is 202 Å². The van der Waals surface area contributed by atoms with E-state index in [-0.39, 0.29) is 36.0 Å². The van der Waals surface area contributed by atoms with Crippen LogP contribution >= 0.6 is 0 Å². The second kappa shape index (κ2) is 9.79. The third kappa shape index (κ3) is 4.85. The van der Waals surface area contributed by atoms with E-state index in [0.717, 1.165) is 19.0 Å². The van der Waals surface area contributed by atoms with E-state index >= 15 is 0 Å². The van der Waals surface area contributed by atoms with Crippen molar-refractivity contribution in [3.05, 3.63) is 18.1 Å². The molecule has 1 saturated carbocycles. The highest BCUT2D eigenvalue weighted by molar-refractivity contribution is 5.84. The number of fused-ring (bicyclic) bond motifs is 1. The number of amides is 1. The second-order valence-electron chi connectivity index (χ2n) is 9.83. The van der Waals surface area contributed by atoms with E-state index in [9.17, 15) is 18.0 Å². The molecule has 0 spiro atoms. The van der Waals surface area contributed by atoms with Crippen LogP contribution in [0, 0.1) is 5.41 Å². The summed E-state index contributed by atoms with van der Waals surface area (Å²) in [5, 5.41) is 3.71. The Kier molecular flexibility index (Phi) is 6.90. The van der Waals surface area contributed by atoms with Gasteiger partial charge < -0.3 is 29.3 Å². The highest BCUT2D eigenvalue weighted by Gasteiger charge is 2.58. The summed E-state index contributed by atoms with van der Waals surface area (Å²) in [6.07, 6.45) is -0.551. The van der Waals surface area contributed by atoms with Crippen LogP contribution in [0.4, 0.5) is 19.0 Å². The summed E-state index contributed by atoms with van der Waals surface area (Å²) in [5.74, 6) is -0.824. The molecule has 9 nitrogen and oxygen atoms in total. The maximum Gasteiger partial charge on any atom is 0.451 e. The zero-order valence-electron chi connectivity index (χ0n) is 19.8. The summed E-state index contributed by atoms with van der Waals surface area (Å²) in [4.78, 5) is 24.4. The molecule has 4 heterocycles. The molecule has 3 aliphatic heterocycles. The maximum absolute atomic E-state index is 13.8. The van der Waals surface area contributed by atoms with Crippen LogP contribution in [0.15, 0.2) is 12.3 Å². The molecule has 5 atom stereocenters. The Morgan fingerprint density at radius 3 is 2.80 bits per heavy atom. The van der Waals surface area contributed by atoms with Crippen molar-refractivity contribution in [3.63, 3.8) is 0 Å². The van der Waals surface area contributed by atoms with Crippen LogP contribution in [0.25, 0.3) is 0 Å². The van der Waals surface area contributed by atoms with Crippen molar-refractivity contribution in [2.24, 2.45) is 5.41 Å². The molecule has 12 heteroatoms. The molecular weight excluding hydrogens is 467 g/mol. The third-order valence-corrected chi connectivity index (χ3v) is 7.86. The molecule has 1 aromatic heterocycles. The number of halogens is 3. The Morgan fingerprint density at radius 2 is 2.06 bits per heavy atom. The first-order chi connectivity index (χ1) is 16.8. The van der Waals surface area contributed by atoms with Crippen LogP contribution in [0.2, 0.25) is 0 Å². The fraction of sp³-hybridized carbons (Fsp3) is 0.783. The fourth-order valence-electron chi connectivity index (χ4n) is 6.02. The van der Waals surface area contributed by atoms with Crippen molar-refractivity contribution < 1.29 is 32.2 Å². The average molecular weight is 500 g/mol. The number of anilines is 1. The van der Waals surface area contributed by atoms with Gasteiger partial charge in [0.25, 0.3) is 0 Å². The fourth-order valence-corrected chi connectivity index (χ4v) is 6.02. The average Bonchev–Trinajstić information content (AvgIpc) is 3.41. The number of carbonyl (C=O) groups is 1. The number of nitrogens with one attached hydrogen (secondary N) is 1. The predicted molar refractivity (Wildman–Crippen MR) is 119 cm³/mol. The van der Waals surface area contributed by atoms with Gasteiger partial charge in [-0.3, -0.25) is 4.79 Å². The van der Waals surface area contributed by atoms with E-state index in [4.69, 9.17) is 14.2 Å². The normalized spacial score (nSPS) is 33.7. The molecule has 4 fully saturated rings. The minimum absolute atomic E-state index is 0.00973. The number of hydrogen-bond donors (Lipinski definition) is 1. The van der Waals surface area contributed by atoms with Crippen molar-refractivity contribution in [2.45, 2.75) is 56.2 Å². The molecule has 5 unspecified atom stereocenters. The molecule has 35 heavy (non-hydrogen) atoms. The highest BCUT2D eigenvalue weighted by atomic mass is 19.4. The van der Waals surface area contributed by atoms with Crippen LogP contribution in [0.1, 0.15) is 31.5 Å². The summed E-state index contributed by atoms with van der Waals surface area (Å²) < 4.78 is 56.1. The predicted octanol–water partition coefficient (Wildman–Crippen LogP) is 1.48. The zero-order valence-corrected chi connectivity index (χ0v) is 19.8. The highest BCUT2D eigenvalue weighted by Crippen LogP contribution is 2.49. The van der Waals surface area contributed by atoms with Crippen molar-refractivity contribution in [1.82, 2.24) is 20.2 Å². The molecule has 1 N–H and O–H groups in total. The summed E-state index contributed by atoms with van der Waals surface area (Å²) in [5.41, 5.74) is -0.550. The standard InChI is InChI=1S/C23H32F3N5O4/c1-33-17-14-34-10-3-16(17)28-15-12-18-22(13-15,4-11-35-18)21(32)31-8-6-30(7-9-31)19-2-5-27-20(29-19)23(24,25)26/h2,5,15-18,28H,3-4,6-14H2,1H3. The van der Waals surface area contributed by atoms with E-state index in [2.05, 4.69) is 15.3 Å². The second-order valence-corrected chi connectivity index (χ2v) is 9.83. The van der Waals surface area contributed by atoms with E-state index in [1.54, 1.807) is 12.0 Å². The van der Waals surface area contributed by atoms with Crippen LogP contribution in [0.3, 0.4) is 0 Å². The van der Waals surface area contributed by atoms with Crippen LogP contribution in [-0.4, -0.2) is 98.2 Å². The van der Waals surface area contributed by atoms with E-state index in [1.807, 2.05) is 4.90 Å². The van der Waals surface area contributed by atoms with E-state index < -0.39 is 17.4 Å². The molecule has 4 aliphatic rings. The lowest BCUT2D eigenvalue weighted by molar-refractivity contribution is -0.145. The number of methoxy groups -OCH3 is 1. The smallest absolute Gasteiger partial charge is 0.379 e. The first-order valence-corrected chi connectivity index (χ1v) is 12.2. The molecule has 0 bridgehead atoms. The summed E-state index contributed by atoms with van der Waals surface area (Å²) in [7, 11) is 1.69. The first-order valence-electron chi connectivity index (χ1n) is 12.2. The first kappa shape index (κ1) is 24.7. The summed E-state index contributed by atoms with van der Waals surface area (Å²) >= 11 is 0. The number of piperazine rings is 1. The van der Waals surface area contributed by atoms with Crippen LogP contribution in [0.5, 0.6) is 0 Å². The van der Waals surface area contributed by atoms with Gasteiger partial charge in [-0.15, -0.1) is 0 Å². The lowest BCUT2D eigenvalue weighted by Gasteiger charge is -2.40. The maximum atomic E-state index is 13.8. The third-order valence-electron chi connectivity index (χ3n) is 7.86. The summed E-state index contributed by atoms with van der Waals surface area (Å²) in [6, 6.07) is 1.82. The molecule has 1 aromatic rings. The largest absolute Gasteiger partial charge is 0.451 e. The lowest BCUT2D eigenvalue weighted by Crippen LogP contribution is -2.55. The van der Waals surface area contributed by atoms with Gasteiger partial charge in [-0.25, -0.2) is 9.97 Å². The van der Waals surface area contributed by atoms with Gasteiger partial charge in [0.2, 0.25) is 11.7 Å². The van der Waals surface area contributed by atoms with Crippen molar-refractivity contribution in [3.8, 4) is 0 Å². The van der Waals surface area contributed by atoms with Gasteiger partial charge in [0, 0.05) is 64.8 Å². The molecule has 194 valence electrons. The molecule has 5 rings (SSSR count). The number of rotatable bonds is 5. The van der Waals surface area contributed by atoms with E-state index in [0.29, 0.717) is 58.8 Å². The Morgan fingerprint density at radius 1 is 1.26 bits per heavy atom. The number of ether oxygens (including phenoxy) is 3. The van der Waals surface area contributed by atoms with Crippen molar-refractivity contribution in [1.29, 1.82) is 0 Å². The van der Waals surface area contributed by atoms with E-state index in [1.165, 1.54) is 6.07 Å². The molecule has 3 saturated heterocycles. The number of aromatic nitrogens is 2. The quantitative estimate of drug-likeness (QED) is 0.652. The van der Waals surface area contributed by atoms with Gasteiger partial charge in [-0.2, -0.15) is 13.2 Å². The van der Waals surface area contributed by atoms with Crippen molar-refractivity contribution in [2.75, 3.05) is 58.0 Å². The van der Waals surface area contributed by atoms with Gasteiger partial charge in [0.05, 0.1) is 24.2 Å². The SMILES string of the molecule is COC1COCCC1NC1CC2OCCC2(C(=O)N2CCN(c3ccnc(C(F)(F)F)n3)CC2)C1. The minimum atomic E-state index is -4.59. The van der Waals surface area contributed by atoms with Gasteiger partial charge in [-0.05, 0) is 31.7 Å². The van der Waals surface area contributed by atoms with Crippen LogP contribution in [-0.2, 0) is 25.2 Å². The monoisotopic (exact) mass is 499 g/mol. The van der Waals surface area contributed by atoms with Gasteiger partial charge in [0.15, 0.2) is 0 Å². The van der Waals surface area contributed by atoms with Crippen LogP contribution < -0.4 is 10.2 Å². The number of alkyl halides is 3. The topological polar surface area (TPSA) is 89.0 Å². The number of nitrogens with zero attached hydrogens (tertiary/aromatic N) is 4. The van der Waals surface area contributed by atoms with Gasteiger partial charge >= 0.3 is 6.18 Å². The Hall–Kier alpha value is -2.02. The Bertz CT molecular complexity index is 913. The molecule has 1 amide bonds.